The number of halogens is 2. The van der Waals surface area contributed by atoms with Crippen LogP contribution in [0.2, 0.25) is 10.0 Å². The highest BCUT2D eigenvalue weighted by Gasteiger charge is 2.22. The molecule has 0 radical (unpaired) electrons. The van der Waals surface area contributed by atoms with Gasteiger partial charge in [-0.15, -0.1) is 0 Å². The number of anilines is 1. The summed E-state index contributed by atoms with van der Waals surface area (Å²) in [6.07, 6.45) is 2.18. The Balaban J connectivity index is 1.83. The lowest BCUT2D eigenvalue weighted by molar-refractivity contribution is 0.247. The van der Waals surface area contributed by atoms with Gasteiger partial charge in [-0.1, -0.05) is 30.1 Å². The number of aryl methyl sites for hydroxylation is 2. The number of piperidine rings is 1. The summed E-state index contributed by atoms with van der Waals surface area (Å²) in [5, 5.41) is 6.40. The molecule has 2 amide bonds. The average Bonchev–Trinajstić information content (AvgIpc) is 2.63. The highest BCUT2D eigenvalue weighted by Crippen LogP contribution is 2.25. The van der Waals surface area contributed by atoms with Crippen LogP contribution in [0.5, 0.6) is 0 Å². The van der Waals surface area contributed by atoms with Crippen molar-refractivity contribution in [3.8, 4) is 0 Å². The Labute approximate surface area is 180 Å². The van der Waals surface area contributed by atoms with Crippen LogP contribution in [0.25, 0.3) is 0 Å². The number of urea groups is 1. The minimum absolute atomic E-state index is 0.325. The topological polar surface area (TPSA) is 82.5 Å². The Hall–Kier alpha value is -2.38. The normalized spacial score (nSPS) is 17.2. The first-order valence-corrected chi connectivity index (χ1v) is 10.2. The van der Waals surface area contributed by atoms with E-state index in [4.69, 9.17) is 23.2 Å². The summed E-state index contributed by atoms with van der Waals surface area (Å²) in [4.78, 5) is 28.0. The van der Waals surface area contributed by atoms with Gasteiger partial charge in [0.1, 0.15) is 0 Å². The van der Waals surface area contributed by atoms with Crippen LogP contribution in [0.4, 0.5) is 16.4 Å². The van der Waals surface area contributed by atoms with Crippen molar-refractivity contribution >= 4 is 46.8 Å². The second-order valence-corrected chi connectivity index (χ2v) is 8.10. The Morgan fingerprint density at radius 3 is 2.55 bits per heavy atom. The van der Waals surface area contributed by atoms with E-state index in [0.29, 0.717) is 33.6 Å². The van der Waals surface area contributed by atoms with Gasteiger partial charge in [-0.25, -0.2) is 14.8 Å². The summed E-state index contributed by atoms with van der Waals surface area (Å²) >= 11 is 12.0. The molecule has 1 aromatic heterocycles. The minimum Gasteiger partial charge on any atom is -0.342 e. The smallest absolute Gasteiger partial charge is 0.326 e. The van der Waals surface area contributed by atoms with Gasteiger partial charge in [-0.2, -0.15) is 4.99 Å². The number of amides is 2. The Kier molecular flexibility index (Phi) is 6.92. The summed E-state index contributed by atoms with van der Waals surface area (Å²) in [5.41, 5.74) is 2.18. The van der Waals surface area contributed by atoms with E-state index in [2.05, 4.69) is 37.4 Å². The quantitative estimate of drug-likeness (QED) is 0.517. The first-order valence-electron chi connectivity index (χ1n) is 9.49. The summed E-state index contributed by atoms with van der Waals surface area (Å²) in [6, 6.07) is 6.36. The molecular formula is C20H24Cl2N6O. The van der Waals surface area contributed by atoms with Crippen molar-refractivity contribution in [1.82, 2.24) is 20.2 Å². The van der Waals surface area contributed by atoms with Crippen LogP contribution in [-0.4, -0.2) is 39.9 Å². The fourth-order valence-electron chi connectivity index (χ4n) is 3.25. The average molecular weight is 435 g/mol. The monoisotopic (exact) mass is 434 g/mol. The zero-order valence-electron chi connectivity index (χ0n) is 16.7. The minimum atomic E-state index is -0.426. The van der Waals surface area contributed by atoms with E-state index in [1.54, 1.807) is 18.2 Å². The summed E-state index contributed by atoms with van der Waals surface area (Å²) in [6.45, 7) is 7.58. The Morgan fingerprint density at radius 2 is 1.90 bits per heavy atom. The van der Waals surface area contributed by atoms with Crippen LogP contribution >= 0.6 is 23.2 Å². The van der Waals surface area contributed by atoms with Gasteiger partial charge in [-0.05, 0) is 56.9 Å². The maximum absolute atomic E-state index is 12.6. The number of hydrogen-bond acceptors (Lipinski definition) is 4. The lowest BCUT2D eigenvalue weighted by Gasteiger charge is -2.33. The lowest BCUT2D eigenvalue weighted by Crippen LogP contribution is -2.49. The number of nitrogens with zero attached hydrogens (tertiary/aromatic N) is 4. The summed E-state index contributed by atoms with van der Waals surface area (Å²) in [5.74, 6) is 1.26. The van der Waals surface area contributed by atoms with Crippen molar-refractivity contribution < 1.29 is 4.79 Å². The van der Waals surface area contributed by atoms with Crippen LogP contribution in [0, 0.1) is 19.8 Å². The molecule has 1 aromatic carbocycles. The van der Waals surface area contributed by atoms with Gasteiger partial charge < -0.3 is 10.2 Å². The molecule has 1 fully saturated rings. The fourth-order valence-corrected chi connectivity index (χ4v) is 3.55. The van der Waals surface area contributed by atoms with E-state index in [-0.39, 0.29) is 0 Å². The molecule has 1 unspecified atom stereocenters. The van der Waals surface area contributed by atoms with Gasteiger partial charge in [0.25, 0.3) is 5.95 Å². The molecule has 1 saturated heterocycles. The molecule has 9 heteroatoms. The second kappa shape index (κ2) is 9.41. The highest BCUT2D eigenvalue weighted by atomic mass is 35.5. The third-order valence-electron chi connectivity index (χ3n) is 4.54. The predicted octanol–water partition coefficient (Wildman–Crippen LogP) is 4.94. The van der Waals surface area contributed by atoms with Gasteiger partial charge in [0.05, 0.1) is 10.0 Å². The number of hydrogen-bond donors (Lipinski definition) is 2. The lowest BCUT2D eigenvalue weighted by atomic mass is 10.0. The summed E-state index contributed by atoms with van der Waals surface area (Å²) < 4.78 is 0. The standard InChI is InChI=1S/C20H24Cl2N6O/c1-12-5-4-8-28(11-12)19(26-18-23-13(2)9-14(3)24-18)27-20(29)25-15-6-7-16(21)17(22)10-15/h6-7,9-10,12H,4-5,8,11H2,1-3H3,(H2,23,24,25,26,27,29). The van der Waals surface area contributed by atoms with Crippen molar-refractivity contribution in [2.45, 2.75) is 33.6 Å². The largest absolute Gasteiger partial charge is 0.342 e. The molecular weight excluding hydrogens is 411 g/mol. The van der Waals surface area contributed by atoms with Gasteiger partial charge in [-0.3, -0.25) is 5.32 Å². The number of carbonyl (C=O) groups is 1. The number of carbonyl (C=O) groups excluding carboxylic acids is 1. The van der Waals surface area contributed by atoms with Crippen LogP contribution in [0.3, 0.4) is 0 Å². The number of aromatic nitrogens is 2. The molecule has 2 aromatic rings. The molecule has 154 valence electrons. The SMILES string of the molecule is Cc1cc(C)nc(/N=C(/NC(=O)Nc2ccc(Cl)c(Cl)c2)N2CCCC(C)C2)n1. The van der Waals surface area contributed by atoms with E-state index >= 15 is 0 Å². The van der Waals surface area contributed by atoms with Crippen molar-refractivity contribution in [1.29, 1.82) is 0 Å². The summed E-state index contributed by atoms with van der Waals surface area (Å²) in [7, 11) is 0. The van der Waals surface area contributed by atoms with Crippen LogP contribution in [-0.2, 0) is 0 Å². The number of nitrogens with one attached hydrogen (secondary N) is 2. The van der Waals surface area contributed by atoms with Crippen molar-refractivity contribution in [3.63, 3.8) is 0 Å². The number of rotatable bonds is 2. The molecule has 1 atom stereocenters. The van der Waals surface area contributed by atoms with Crippen LogP contribution in [0.15, 0.2) is 29.3 Å². The first kappa shape index (κ1) is 21.3. The van der Waals surface area contributed by atoms with Crippen molar-refractivity contribution in [2.75, 3.05) is 18.4 Å². The van der Waals surface area contributed by atoms with Crippen molar-refractivity contribution in [3.05, 3.63) is 45.7 Å². The number of guanidine groups is 1. The third-order valence-corrected chi connectivity index (χ3v) is 5.27. The zero-order chi connectivity index (χ0) is 21.0. The molecule has 2 heterocycles. The first-order chi connectivity index (χ1) is 13.8. The molecule has 0 spiro atoms. The molecule has 0 saturated carbocycles. The molecule has 29 heavy (non-hydrogen) atoms. The molecule has 0 aliphatic carbocycles. The van der Waals surface area contributed by atoms with E-state index in [9.17, 15) is 4.79 Å². The van der Waals surface area contributed by atoms with Gasteiger partial charge in [0.2, 0.25) is 5.96 Å². The number of aliphatic imine (C=N–C) groups is 1. The highest BCUT2D eigenvalue weighted by molar-refractivity contribution is 6.42. The Bertz CT molecular complexity index is 913. The van der Waals surface area contributed by atoms with E-state index < -0.39 is 6.03 Å². The maximum atomic E-state index is 12.6. The molecule has 2 N–H and O–H groups in total. The van der Waals surface area contributed by atoms with Gasteiger partial charge >= 0.3 is 6.03 Å². The van der Waals surface area contributed by atoms with E-state index in [1.165, 1.54) is 0 Å². The van der Waals surface area contributed by atoms with Gasteiger partial charge in [0.15, 0.2) is 0 Å². The molecule has 3 rings (SSSR count). The number of benzene rings is 1. The molecule has 1 aliphatic rings. The number of likely N-dealkylation sites (tertiary alicyclic amines) is 1. The van der Waals surface area contributed by atoms with Crippen molar-refractivity contribution in [2.24, 2.45) is 10.9 Å². The molecule has 7 nitrogen and oxygen atoms in total. The third kappa shape index (κ3) is 6.05. The second-order valence-electron chi connectivity index (χ2n) is 7.29. The molecule has 0 bridgehead atoms. The van der Waals surface area contributed by atoms with Crippen LogP contribution in [0.1, 0.15) is 31.2 Å². The maximum Gasteiger partial charge on any atom is 0.326 e. The van der Waals surface area contributed by atoms with E-state index in [0.717, 1.165) is 37.3 Å². The fraction of sp³-hybridized carbons (Fsp3) is 0.400. The van der Waals surface area contributed by atoms with Crippen LogP contribution < -0.4 is 10.6 Å². The van der Waals surface area contributed by atoms with Gasteiger partial charge in [0, 0.05) is 30.2 Å². The molecule has 1 aliphatic heterocycles. The zero-order valence-corrected chi connectivity index (χ0v) is 18.2. The predicted molar refractivity (Wildman–Crippen MR) is 117 cm³/mol. The van der Waals surface area contributed by atoms with E-state index in [1.807, 2.05) is 19.9 Å². The Morgan fingerprint density at radius 1 is 1.17 bits per heavy atom.